The summed E-state index contributed by atoms with van der Waals surface area (Å²) in [4.78, 5) is 27.1. The van der Waals surface area contributed by atoms with E-state index in [9.17, 15) is 14.9 Å². The molecule has 102 valence electrons. The number of pyridine rings is 1. The van der Waals surface area contributed by atoms with Gasteiger partial charge in [0.15, 0.2) is 0 Å². The highest BCUT2D eigenvalue weighted by molar-refractivity contribution is 5.84. The number of rotatable bonds is 3. The molecule has 1 aliphatic heterocycles. The summed E-state index contributed by atoms with van der Waals surface area (Å²) in [5.74, 6) is -0.315. The van der Waals surface area contributed by atoms with E-state index < -0.39 is 16.9 Å². The molecule has 1 aromatic rings. The Morgan fingerprint density at radius 2 is 2.32 bits per heavy atom. The number of hydrogen-bond acceptors (Lipinski definition) is 7. The zero-order chi connectivity index (χ0) is 14.0. The predicted molar refractivity (Wildman–Crippen MR) is 66.5 cm³/mol. The molecule has 19 heavy (non-hydrogen) atoms. The molecule has 9 heteroatoms. The van der Waals surface area contributed by atoms with Crippen LogP contribution < -0.4 is 16.4 Å². The molecule has 0 radical (unpaired) electrons. The van der Waals surface area contributed by atoms with Crippen LogP contribution in [0, 0.1) is 10.1 Å². The summed E-state index contributed by atoms with van der Waals surface area (Å²) in [6.07, 6.45) is 0. The number of ether oxygens (including phenoxy) is 1. The summed E-state index contributed by atoms with van der Waals surface area (Å²) >= 11 is 0. The van der Waals surface area contributed by atoms with Gasteiger partial charge in [-0.1, -0.05) is 0 Å². The van der Waals surface area contributed by atoms with Crippen molar-refractivity contribution in [3.05, 3.63) is 22.2 Å². The Hall–Kier alpha value is -2.42. The molecule has 2 heterocycles. The molecule has 4 N–H and O–H groups in total. The Morgan fingerprint density at radius 3 is 2.95 bits per heavy atom. The lowest BCUT2D eigenvalue weighted by Gasteiger charge is -2.34. The number of carbonyl (C=O) groups excluding carboxylic acids is 1. The molecule has 1 amide bonds. The normalized spacial score (nSPS) is 19.2. The number of nitrogen functional groups attached to an aromatic ring is 1. The largest absolute Gasteiger partial charge is 0.383 e. The number of anilines is 2. The van der Waals surface area contributed by atoms with Crippen LogP contribution in [-0.4, -0.2) is 41.6 Å². The third-order valence-corrected chi connectivity index (χ3v) is 2.78. The van der Waals surface area contributed by atoms with Gasteiger partial charge < -0.3 is 21.1 Å². The first-order chi connectivity index (χ1) is 8.99. The summed E-state index contributed by atoms with van der Waals surface area (Å²) in [5, 5.41) is 10.8. The SMILES string of the molecule is NC(=O)C1COCCN1c1cc([N+](=O)[O-])cc(N)n1. The first kappa shape index (κ1) is 13.0. The Balaban J connectivity index is 2.38. The molecule has 0 spiro atoms. The van der Waals surface area contributed by atoms with Crippen LogP contribution in [0.5, 0.6) is 0 Å². The second kappa shape index (κ2) is 5.06. The highest BCUT2D eigenvalue weighted by Gasteiger charge is 2.29. The maximum atomic E-state index is 11.3. The van der Waals surface area contributed by atoms with Crippen molar-refractivity contribution >= 4 is 23.2 Å². The third kappa shape index (κ3) is 2.71. The fraction of sp³-hybridized carbons (Fsp3) is 0.400. The van der Waals surface area contributed by atoms with Crippen molar-refractivity contribution in [3.8, 4) is 0 Å². The summed E-state index contributed by atoms with van der Waals surface area (Å²) in [5.41, 5.74) is 10.6. The number of nitrogens with two attached hydrogens (primary N) is 2. The van der Waals surface area contributed by atoms with E-state index in [0.717, 1.165) is 6.07 Å². The fourth-order valence-corrected chi connectivity index (χ4v) is 1.89. The Labute approximate surface area is 108 Å². The zero-order valence-corrected chi connectivity index (χ0v) is 9.98. The van der Waals surface area contributed by atoms with Crippen LogP contribution in [0.15, 0.2) is 12.1 Å². The lowest BCUT2D eigenvalue weighted by Crippen LogP contribution is -2.53. The maximum absolute atomic E-state index is 11.3. The van der Waals surface area contributed by atoms with E-state index in [2.05, 4.69) is 4.98 Å². The lowest BCUT2D eigenvalue weighted by atomic mass is 10.2. The van der Waals surface area contributed by atoms with E-state index >= 15 is 0 Å². The van der Waals surface area contributed by atoms with E-state index in [4.69, 9.17) is 16.2 Å². The lowest BCUT2D eigenvalue weighted by molar-refractivity contribution is -0.384. The van der Waals surface area contributed by atoms with Gasteiger partial charge in [0, 0.05) is 6.54 Å². The van der Waals surface area contributed by atoms with Crippen LogP contribution in [0.3, 0.4) is 0 Å². The van der Waals surface area contributed by atoms with Crippen LogP contribution in [0.2, 0.25) is 0 Å². The van der Waals surface area contributed by atoms with Gasteiger partial charge >= 0.3 is 0 Å². The second-order valence-corrected chi connectivity index (χ2v) is 4.05. The summed E-state index contributed by atoms with van der Waals surface area (Å²) < 4.78 is 5.17. The third-order valence-electron chi connectivity index (χ3n) is 2.78. The van der Waals surface area contributed by atoms with Crippen molar-refractivity contribution < 1.29 is 14.5 Å². The van der Waals surface area contributed by atoms with Crippen LogP contribution >= 0.6 is 0 Å². The minimum atomic E-state index is -0.706. The second-order valence-electron chi connectivity index (χ2n) is 4.05. The monoisotopic (exact) mass is 267 g/mol. The molecule has 1 saturated heterocycles. The van der Waals surface area contributed by atoms with Crippen molar-refractivity contribution in [1.29, 1.82) is 0 Å². The van der Waals surface area contributed by atoms with E-state index in [-0.39, 0.29) is 23.9 Å². The zero-order valence-electron chi connectivity index (χ0n) is 9.98. The Morgan fingerprint density at radius 1 is 1.58 bits per heavy atom. The molecule has 1 aliphatic rings. The van der Waals surface area contributed by atoms with Crippen molar-refractivity contribution in [2.45, 2.75) is 6.04 Å². The minimum absolute atomic E-state index is 0.0129. The summed E-state index contributed by atoms with van der Waals surface area (Å²) in [6.45, 7) is 0.870. The predicted octanol–water partition coefficient (Wildman–Crippen LogP) is -0.737. The smallest absolute Gasteiger partial charge is 0.276 e. The van der Waals surface area contributed by atoms with Crippen molar-refractivity contribution in [3.63, 3.8) is 0 Å². The van der Waals surface area contributed by atoms with Gasteiger partial charge in [0.25, 0.3) is 5.69 Å². The fourth-order valence-electron chi connectivity index (χ4n) is 1.89. The molecule has 1 aromatic heterocycles. The summed E-state index contributed by atoms with van der Waals surface area (Å²) in [7, 11) is 0. The number of amides is 1. The molecule has 2 rings (SSSR count). The van der Waals surface area contributed by atoms with Crippen LogP contribution in [0.4, 0.5) is 17.3 Å². The van der Waals surface area contributed by atoms with E-state index in [1.807, 2.05) is 0 Å². The van der Waals surface area contributed by atoms with E-state index in [1.165, 1.54) is 6.07 Å². The molecule has 0 saturated carbocycles. The molecule has 0 aromatic carbocycles. The number of nitro groups is 1. The molecule has 9 nitrogen and oxygen atoms in total. The van der Waals surface area contributed by atoms with Crippen LogP contribution in [0.1, 0.15) is 0 Å². The van der Waals surface area contributed by atoms with Gasteiger partial charge in [-0.3, -0.25) is 14.9 Å². The average Bonchev–Trinajstić information content (AvgIpc) is 2.37. The van der Waals surface area contributed by atoms with Gasteiger partial charge in [-0.05, 0) is 0 Å². The molecule has 1 atom stereocenters. The average molecular weight is 267 g/mol. The van der Waals surface area contributed by atoms with E-state index in [1.54, 1.807) is 4.90 Å². The molecule has 1 unspecified atom stereocenters. The topological polar surface area (TPSA) is 138 Å². The first-order valence-electron chi connectivity index (χ1n) is 5.54. The number of primary amides is 1. The minimum Gasteiger partial charge on any atom is -0.383 e. The first-order valence-corrected chi connectivity index (χ1v) is 5.54. The number of aromatic nitrogens is 1. The molecular weight excluding hydrogens is 254 g/mol. The van der Waals surface area contributed by atoms with Crippen molar-refractivity contribution in [2.75, 3.05) is 30.4 Å². The summed E-state index contributed by atoms with van der Waals surface area (Å²) in [6, 6.07) is 1.71. The molecular formula is C10H13N5O4. The van der Waals surface area contributed by atoms with Gasteiger partial charge in [0.1, 0.15) is 17.7 Å². The number of nitrogens with zero attached hydrogens (tertiary/aromatic N) is 3. The van der Waals surface area contributed by atoms with Gasteiger partial charge in [0.2, 0.25) is 5.91 Å². The highest BCUT2D eigenvalue weighted by atomic mass is 16.6. The Kier molecular flexibility index (Phi) is 3.47. The Bertz CT molecular complexity index is 521. The van der Waals surface area contributed by atoms with Crippen LogP contribution in [-0.2, 0) is 9.53 Å². The standard InChI is InChI=1S/C10H13N5O4/c11-8-3-6(15(17)18)4-9(13-8)14-1-2-19-5-7(14)10(12)16/h3-4,7H,1-2,5H2,(H2,11,13)(H2,12,16). The van der Waals surface area contributed by atoms with Crippen molar-refractivity contribution in [2.24, 2.45) is 5.73 Å². The molecule has 0 bridgehead atoms. The molecule has 0 aliphatic carbocycles. The van der Waals surface area contributed by atoms with Gasteiger partial charge in [-0.25, -0.2) is 4.98 Å². The van der Waals surface area contributed by atoms with Gasteiger partial charge in [-0.2, -0.15) is 0 Å². The number of hydrogen-bond donors (Lipinski definition) is 2. The van der Waals surface area contributed by atoms with Crippen molar-refractivity contribution in [1.82, 2.24) is 4.98 Å². The van der Waals surface area contributed by atoms with Gasteiger partial charge in [0.05, 0.1) is 30.3 Å². The quantitative estimate of drug-likeness (QED) is 0.543. The van der Waals surface area contributed by atoms with Crippen LogP contribution in [0.25, 0.3) is 0 Å². The highest BCUT2D eigenvalue weighted by Crippen LogP contribution is 2.24. The number of morpholine rings is 1. The van der Waals surface area contributed by atoms with E-state index in [0.29, 0.717) is 13.2 Å². The molecule has 1 fully saturated rings. The van der Waals surface area contributed by atoms with Gasteiger partial charge in [-0.15, -0.1) is 0 Å². The number of carbonyl (C=O) groups is 1. The maximum Gasteiger partial charge on any atom is 0.276 e.